The Kier molecular flexibility index (Phi) is 6.79. The highest BCUT2D eigenvalue weighted by atomic mass is 16.3. The average Bonchev–Trinajstić information content (AvgIpc) is 3.80. The van der Waals surface area contributed by atoms with Gasteiger partial charge in [-0.15, -0.1) is 0 Å². The Morgan fingerprint density at radius 2 is 0.944 bits per heavy atom. The van der Waals surface area contributed by atoms with E-state index in [2.05, 4.69) is 150 Å². The van der Waals surface area contributed by atoms with Gasteiger partial charge >= 0.3 is 0 Å². The molecule has 8 aromatic carbocycles. The van der Waals surface area contributed by atoms with Crippen molar-refractivity contribution in [2.45, 2.75) is 0 Å². The summed E-state index contributed by atoms with van der Waals surface area (Å²) in [4.78, 5) is 15.4. The van der Waals surface area contributed by atoms with Gasteiger partial charge in [-0.25, -0.2) is 15.0 Å². The fourth-order valence-electron chi connectivity index (χ4n) is 7.93. The van der Waals surface area contributed by atoms with Crippen LogP contribution in [0.2, 0.25) is 0 Å². The highest BCUT2D eigenvalue weighted by molar-refractivity contribution is 6.21. The molecule has 54 heavy (non-hydrogen) atoms. The molecule has 0 aliphatic carbocycles. The van der Waals surface area contributed by atoms with E-state index in [1.54, 1.807) is 0 Å². The third kappa shape index (κ3) is 4.83. The minimum absolute atomic E-state index is 0.595. The first-order valence-corrected chi connectivity index (χ1v) is 18.1. The maximum absolute atomic E-state index is 6.26. The molecule has 0 aliphatic rings. The zero-order chi connectivity index (χ0) is 35.6. The van der Waals surface area contributed by atoms with Crippen LogP contribution in [0, 0.1) is 0 Å². The van der Waals surface area contributed by atoms with Gasteiger partial charge < -0.3 is 8.98 Å². The van der Waals surface area contributed by atoms with E-state index >= 15 is 0 Å². The summed E-state index contributed by atoms with van der Waals surface area (Å²) in [7, 11) is 0. The number of nitrogens with zero attached hydrogens (tertiary/aromatic N) is 4. The van der Waals surface area contributed by atoms with Crippen molar-refractivity contribution in [2.75, 3.05) is 0 Å². The summed E-state index contributed by atoms with van der Waals surface area (Å²) in [5, 5.41) is 7.01. The maximum Gasteiger partial charge on any atom is 0.164 e. The summed E-state index contributed by atoms with van der Waals surface area (Å²) in [5.41, 5.74) is 10.1. The molecule has 0 fully saturated rings. The molecule has 0 aliphatic heterocycles. The van der Waals surface area contributed by atoms with E-state index in [0.29, 0.717) is 17.5 Å². The van der Waals surface area contributed by atoms with E-state index in [9.17, 15) is 0 Å². The van der Waals surface area contributed by atoms with E-state index in [0.717, 1.165) is 55.4 Å². The van der Waals surface area contributed by atoms with E-state index < -0.39 is 0 Å². The van der Waals surface area contributed by atoms with Gasteiger partial charge in [-0.2, -0.15) is 0 Å². The monoisotopic (exact) mass is 690 g/mol. The van der Waals surface area contributed by atoms with Crippen LogP contribution in [-0.2, 0) is 0 Å². The Morgan fingerprint density at radius 1 is 0.352 bits per heavy atom. The number of hydrogen-bond acceptors (Lipinski definition) is 4. The van der Waals surface area contributed by atoms with Gasteiger partial charge in [-0.1, -0.05) is 133 Å². The minimum Gasteiger partial charge on any atom is -0.456 e. The van der Waals surface area contributed by atoms with Gasteiger partial charge in [0, 0.05) is 43.9 Å². The molecule has 0 bridgehead atoms. The fraction of sp³-hybridized carbons (Fsp3) is 0. The molecule has 11 aromatic rings. The second-order valence-electron chi connectivity index (χ2n) is 13.6. The standard InChI is InChI=1S/C49H30N4O/c1-2-11-31(12-3-1)32-21-23-34(24-22-32)47-50-48(52-49(51-47)40-17-10-20-44-46(40)39-16-7-9-19-43(39)54-44)35-25-28-36(29-26-35)53-41-18-8-6-15-38(41)45-37-14-5-4-13-33(37)27-30-42(45)53/h1-30H. The van der Waals surface area contributed by atoms with E-state index in [-0.39, 0.29) is 0 Å². The van der Waals surface area contributed by atoms with Crippen molar-refractivity contribution in [2.24, 2.45) is 0 Å². The largest absolute Gasteiger partial charge is 0.456 e. The normalized spacial score (nSPS) is 11.7. The lowest BCUT2D eigenvalue weighted by atomic mass is 10.0. The lowest BCUT2D eigenvalue weighted by Gasteiger charge is -2.11. The number of aromatic nitrogens is 4. The van der Waals surface area contributed by atoms with E-state index in [1.165, 1.54) is 32.6 Å². The van der Waals surface area contributed by atoms with Crippen LogP contribution >= 0.6 is 0 Å². The third-order valence-corrected chi connectivity index (χ3v) is 10.5. The molecule has 11 rings (SSSR count). The Morgan fingerprint density at radius 3 is 1.74 bits per heavy atom. The van der Waals surface area contributed by atoms with Crippen LogP contribution in [0.25, 0.3) is 105 Å². The first kappa shape index (κ1) is 30.3. The van der Waals surface area contributed by atoms with Crippen LogP contribution in [0.5, 0.6) is 0 Å². The molecule has 0 spiro atoms. The van der Waals surface area contributed by atoms with Gasteiger partial charge in [-0.05, 0) is 70.4 Å². The van der Waals surface area contributed by atoms with Crippen molar-refractivity contribution >= 4 is 54.5 Å². The van der Waals surface area contributed by atoms with Crippen molar-refractivity contribution < 1.29 is 4.42 Å². The topological polar surface area (TPSA) is 56.7 Å². The zero-order valence-corrected chi connectivity index (χ0v) is 29.0. The Labute approximate surface area is 310 Å². The molecule has 0 amide bonds. The van der Waals surface area contributed by atoms with Crippen molar-refractivity contribution in [3.8, 4) is 51.0 Å². The SMILES string of the molecule is c1ccc(-c2ccc(-c3nc(-c4ccc(-n5c6ccccc6c6c7ccccc7ccc65)cc4)nc(-c4cccc5oc6ccccc6c45)n3)cc2)cc1. The molecule has 0 unspecified atom stereocenters. The van der Waals surface area contributed by atoms with Crippen LogP contribution in [0.3, 0.4) is 0 Å². The van der Waals surface area contributed by atoms with Crippen LogP contribution in [0.1, 0.15) is 0 Å². The number of hydrogen-bond donors (Lipinski definition) is 0. The molecule has 5 heteroatoms. The lowest BCUT2D eigenvalue weighted by molar-refractivity contribution is 0.669. The Bertz CT molecular complexity index is 3200. The van der Waals surface area contributed by atoms with Crippen molar-refractivity contribution in [1.82, 2.24) is 19.5 Å². The number of fused-ring (bicyclic) bond motifs is 8. The zero-order valence-electron chi connectivity index (χ0n) is 29.0. The van der Waals surface area contributed by atoms with E-state index in [4.69, 9.17) is 19.4 Å². The van der Waals surface area contributed by atoms with Crippen molar-refractivity contribution in [1.29, 1.82) is 0 Å². The van der Waals surface area contributed by atoms with Gasteiger partial charge in [0.2, 0.25) is 0 Å². The molecule has 0 radical (unpaired) electrons. The van der Waals surface area contributed by atoms with Gasteiger partial charge in [0.1, 0.15) is 11.2 Å². The van der Waals surface area contributed by atoms with Gasteiger partial charge in [0.15, 0.2) is 17.5 Å². The molecular formula is C49H30N4O. The minimum atomic E-state index is 0.595. The van der Waals surface area contributed by atoms with Crippen LogP contribution in [0.4, 0.5) is 0 Å². The smallest absolute Gasteiger partial charge is 0.164 e. The quantitative estimate of drug-likeness (QED) is 0.180. The molecule has 3 aromatic heterocycles. The molecule has 0 N–H and O–H groups in total. The average molecular weight is 691 g/mol. The second-order valence-corrected chi connectivity index (χ2v) is 13.6. The van der Waals surface area contributed by atoms with Gasteiger partial charge in [-0.3, -0.25) is 0 Å². The van der Waals surface area contributed by atoms with Crippen LogP contribution in [-0.4, -0.2) is 19.5 Å². The Hall–Kier alpha value is -7.37. The van der Waals surface area contributed by atoms with Gasteiger partial charge in [0.05, 0.1) is 11.0 Å². The summed E-state index contributed by atoms with van der Waals surface area (Å²) in [6.45, 7) is 0. The predicted octanol–water partition coefficient (Wildman–Crippen LogP) is 12.7. The van der Waals surface area contributed by atoms with Crippen molar-refractivity contribution in [3.05, 3.63) is 182 Å². The summed E-state index contributed by atoms with van der Waals surface area (Å²) >= 11 is 0. The molecule has 0 atom stereocenters. The fourth-order valence-corrected chi connectivity index (χ4v) is 7.93. The third-order valence-electron chi connectivity index (χ3n) is 10.5. The molecule has 252 valence electrons. The second kappa shape index (κ2) is 12.1. The number of rotatable bonds is 5. The Balaban J connectivity index is 1.08. The number of furan rings is 1. The van der Waals surface area contributed by atoms with Crippen LogP contribution < -0.4 is 0 Å². The maximum atomic E-state index is 6.26. The van der Waals surface area contributed by atoms with Crippen molar-refractivity contribution in [3.63, 3.8) is 0 Å². The molecule has 0 saturated heterocycles. The molecule has 5 nitrogen and oxygen atoms in total. The van der Waals surface area contributed by atoms with Crippen LogP contribution in [0.15, 0.2) is 186 Å². The summed E-state index contributed by atoms with van der Waals surface area (Å²) in [6.07, 6.45) is 0. The first-order valence-electron chi connectivity index (χ1n) is 18.1. The summed E-state index contributed by atoms with van der Waals surface area (Å²) in [6, 6.07) is 63.3. The summed E-state index contributed by atoms with van der Waals surface area (Å²) < 4.78 is 8.61. The van der Waals surface area contributed by atoms with Gasteiger partial charge in [0.25, 0.3) is 0 Å². The lowest BCUT2D eigenvalue weighted by Crippen LogP contribution is -2.01. The number of benzene rings is 8. The molecule has 3 heterocycles. The highest BCUT2D eigenvalue weighted by Crippen LogP contribution is 2.39. The highest BCUT2D eigenvalue weighted by Gasteiger charge is 2.19. The predicted molar refractivity (Wildman–Crippen MR) is 221 cm³/mol. The molecule has 0 saturated carbocycles. The molecular weight excluding hydrogens is 661 g/mol. The van der Waals surface area contributed by atoms with E-state index in [1.807, 2.05) is 36.4 Å². The summed E-state index contributed by atoms with van der Waals surface area (Å²) in [5.74, 6) is 1.81. The number of para-hydroxylation sites is 2. The first-order chi connectivity index (χ1) is 26.8.